The van der Waals surface area contributed by atoms with Gasteiger partial charge in [0.05, 0.1) is 4.90 Å². The summed E-state index contributed by atoms with van der Waals surface area (Å²) >= 11 is 0. The van der Waals surface area contributed by atoms with Gasteiger partial charge in [0.15, 0.2) is 0 Å². The molecule has 1 aromatic rings. The maximum Gasteiger partial charge on any atom is 0.327 e. The summed E-state index contributed by atoms with van der Waals surface area (Å²) < 4.78 is 35.4. The van der Waals surface area contributed by atoms with E-state index in [9.17, 15) is 12.9 Å². The summed E-state index contributed by atoms with van der Waals surface area (Å²) in [6.07, 6.45) is 0. The highest BCUT2D eigenvalue weighted by atomic mass is 32.2. The zero-order valence-electron chi connectivity index (χ0n) is 5.90. The van der Waals surface area contributed by atoms with Gasteiger partial charge in [0.1, 0.15) is 0 Å². The maximum atomic E-state index is 11.4. The Kier molecular flexibility index (Phi) is 3.81. The van der Waals surface area contributed by atoms with E-state index in [1.165, 1.54) is 24.3 Å². The molecule has 0 saturated heterocycles. The van der Waals surface area contributed by atoms with E-state index < -0.39 is 10.1 Å². The first-order chi connectivity index (χ1) is 5.17. The Morgan fingerprint density at radius 3 is 2.08 bits per heavy atom. The Hall–Kier alpha value is -0.980. The van der Waals surface area contributed by atoms with Gasteiger partial charge in [-0.25, -0.2) is 0 Å². The monoisotopic (exact) mass is 194 g/mol. The van der Waals surface area contributed by atoms with Crippen LogP contribution in [0.4, 0.5) is 4.53 Å². The van der Waals surface area contributed by atoms with Crippen molar-refractivity contribution in [3.8, 4) is 0 Å². The number of hydrogen-bond donors (Lipinski definition) is 0. The first-order valence-electron chi connectivity index (χ1n) is 2.77. The third-order valence-corrected chi connectivity index (χ3v) is 2.13. The molecule has 6 heteroatoms. The van der Waals surface area contributed by atoms with Gasteiger partial charge in [0.25, 0.3) is 0 Å². The van der Waals surface area contributed by atoms with Crippen molar-refractivity contribution in [1.29, 1.82) is 0 Å². The van der Waals surface area contributed by atoms with Crippen molar-refractivity contribution in [1.82, 2.24) is 0 Å². The van der Waals surface area contributed by atoms with Crippen LogP contribution in [-0.2, 0) is 14.5 Å². The molecule has 4 nitrogen and oxygen atoms in total. The highest BCUT2D eigenvalue weighted by Crippen LogP contribution is 2.10. The quantitative estimate of drug-likeness (QED) is 0.686. The van der Waals surface area contributed by atoms with Crippen LogP contribution in [0.5, 0.6) is 0 Å². The van der Waals surface area contributed by atoms with Crippen molar-refractivity contribution in [2.24, 2.45) is 0 Å². The summed E-state index contributed by atoms with van der Waals surface area (Å²) in [6, 6.07) is 7.07. The van der Waals surface area contributed by atoms with Crippen molar-refractivity contribution >= 4 is 10.1 Å². The molecule has 0 atom stereocenters. The molecule has 0 amide bonds. The van der Waals surface area contributed by atoms with Crippen LogP contribution in [-0.4, -0.2) is 13.9 Å². The molecule has 0 aromatic heterocycles. The third-order valence-electron chi connectivity index (χ3n) is 1.11. The Balaban J connectivity index is 0.00000121. The lowest BCUT2D eigenvalue weighted by molar-refractivity contribution is 0.00286. The van der Waals surface area contributed by atoms with Crippen LogP contribution in [0.15, 0.2) is 35.2 Å². The van der Waals surface area contributed by atoms with Gasteiger partial charge >= 0.3 is 10.1 Å². The lowest BCUT2D eigenvalue weighted by Crippen LogP contribution is -1.99. The van der Waals surface area contributed by atoms with Crippen LogP contribution in [0.1, 0.15) is 0 Å². The van der Waals surface area contributed by atoms with Crippen molar-refractivity contribution in [3.05, 3.63) is 30.3 Å². The van der Waals surface area contributed by atoms with Gasteiger partial charge in [-0.2, -0.15) is 8.42 Å². The first kappa shape index (κ1) is 11.0. The van der Waals surface area contributed by atoms with Crippen molar-refractivity contribution in [2.45, 2.75) is 4.90 Å². The number of hydrogen-bond acceptors (Lipinski definition) is 3. The zero-order valence-corrected chi connectivity index (χ0v) is 6.71. The molecule has 0 saturated carbocycles. The van der Waals surface area contributed by atoms with Crippen molar-refractivity contribution in [3.63, 3.8) is 0 Å². The minimum Gasteiger partial charge on any atom is -0.412 e. The fourth-order valence-electron chi connectivity index (χ4n) is 0.624. The van der Waals surface area contributed by atoms with Crippen LogP contribution in [0.25, 0.3) is 0 Å². The lowest BCUT2D eigenvalue weighted by atomic mass is 10.4. The predicted octanol–water partition coefficient (Wildman–Crippen LogP) is 0.452. The van der Waals surface area contributed by atoms with Gasteiger partial charge in [0.2, 0.25) is 0 Å². The Morgan fingerprint density at radius 1 is 1.17 bits per heavy atom. The topological polar surface area (TPSA) is 74.9 Å². The minimum atomic E-state index is -4.16. The van der Waals surface area contributed by atoms with Crippen molar-refractivity contribution in [2.75, 3.05) is 0 Å². The molecular formula is C6H7FO4S. The van der Waals surface area contributed by atoms with E-state index in [4.69, 9.17) is 0 Å². The molecule has 0 unspecified atom stereocenters. The van der Waals surface area contributed by atoms with E-state index in [2.05, 4.69) is 4.39 Å². The molecule has 68 valence electrons. The number of rotatable bonds is 2. The predicted molar refractivity (Wildman–Crippen MR) is 39.4 cm³/mol. The van der Waals surface area contributed by atoms with Gasteiger partial charge in [-0.05, 0) is 16.7 Å². The van der Waals surface area contributed by atoms with E-state index in [0.717, 1.165) is 0 Å². The van der Waals surface area contributed by atoms with Crippen molar-refractivity contribution < 1.29 is 22.8 Å². The highest BCUT2D eigenvalue weighted by Gasteiger charge is 2.13. The van der Waals surface area contributed by atoms with E-state index in [1.54, 1.807) is 6.07 Å². The molecule has 1 aromatic carbocycles. The van der Waals surface area contributed by atoms with Crippen LogP contribution in [0.2, 0.25) is 0 Å². The van der Waals surface area contributed by atoms with Gasteiger partial charge in [0, 0.05) is 0 Å². The summed E-state index contributed by atoms with van der Waals surface area (Å²) in [7, 11) is -4.16. The number of halogens is 1. The van der Waals surface area contributed by atoms with Gasteiger partial charge in [-0.3, -0.25) is 0 Å². The van der Waals surface area contributed by atoms with Crippen LogP contribution in [0, 0.1) is 0 Å². The molecule has 0 aliphatic rings. The van der Waals surface area contributed by atoms with Gasteiger partial charge < -0.3 is 5.48 Å². The fourth-order valence-corrected chi connectivity index (χ4v) is 1.19. The Morgan fingerprint density at radius 2 is 1.67 bits per heavy atom. The Bertz CT molecular complexity index is 321. The normalized spacial score (nSPS) is 10.4. The molecular weight excluding hydrogens is 187 g/mol. The zero-order chi connectivity index (χ0) is 8.32. The molecule has 0 spiro atoms. The summed E-state index contributed by atoms with van der Waals surface area (Å²) in [5.74, 6) is 0. The first-order valence-corrected chi connectivity index (χ1v) is 4.18. The molecule has 0 aliphatic carbocycles. The average Bonchev–Trinajstić information content (AvgIpc) is 2.06. The summed E-state index contributed by atoms with van der Waals surface area (Å²) in [5, 5.41) is 0. The second-order valence-electron chi connectivity index (χ2n) is 1.83. The molecule has 0 radical (unpaired) electrons. The molecule has 2 N–H and O–H groups in total. The van der Waals surface area contributed by atoms with Crippen LogP contribution >= 0.6 is 0 Å². The maximum absolute atomic E-state index is 11.4. The number of benzene rings is 1. The van der Waals surface area contributed by atoms with E-state index >= 15 is 0 Å². The summed E-state index contributed by atoms with van der Waals surface area (Å²) in [6.45, 7) is 0. The van der Waals surface area contributed by atoms with Gasteiger partial charge in [-0.1, -0.05) is 22.6 Å². The average molecular weight is 194 g/mol. The highest BCUT2D eigenvalue weighted by molar-refractivity contribution is 7.86. The summed E-state index contributed by atoms with van der Waals surface area (Å²) in [5.41, 5.74) is 0. The van der Waals surface area contributed by atoms with E-state index in [1.807, 2.05) is 0 Å². The SMILES string of the molecule is O.O=S(=O)(OF)c1ccccc1. The third kappa shape index (κ3) is 2.26. The smallest absolute Gasteiger partial charge is 0.327 e. The van der Waals surface area contributed by atoms with Gasteiger partial charge in [-0.15, -0.1) is 0 Å². The van der Waals surface area contributed by atoms with E-state index in [0.29, 0.717) is 0 Å². The lowest BCUT2D eigenvalue weighted by Gasteiger charge is -1.94. The molecule has 0 fully saturated rings. The largest absolute Gasteiger partial charge is 0.412 e. The van der Waals surface area contributed by atoms with E-state index in [-0.39, 0.29) is 10.4 Å². The second kappa shape index (κ2) is 4.15. The molecule has 0 bridgehead atoms. The molecule has 0 aliphatic heterocycles. The Labute approximate surface area is 68.9 Å². The van der Waals surface area contributed by atoms with Crippen LogP contribution in [0.3, 0.4) is 0 Å². The summed E-state index contributed by atoms with van der Waals surface area (Å²) in [4.78, 5) is -0.192. The fraction of sp³-hybridized carbons (Fsp3) is 0. The molecule has 1 rings (SSSR count). The molecule has 12 heavy (non-hydrogen) atoms. The second-order valence-corrected chi connectivity index (χ2v) is 3.34. The van der Waals surface area contributed by atoms with Crippen LogP contribution < -0.4 is 0 Å². The minimum absolute atomic E-state index is 0. The standard InChI is InChI=1S/C6H5FO3S.H2O/c7-10-11(8,9)6-4-2-1-3-5-6;/h1-5H;1H2. The molecule has 0 heterocycles.